The topological polar surface area (TPSA) is 64.8 Å². The molecule has 0 spiro atoms. The second kappa shape index (κ2) is 7.24. The first kappa shape index (κ1) is 18.3. The van der Waals surface area contributed by atoms with E-state index in [-0.39, 0.29) is 10.8 Å². The van der Waals surface area contributed by atoms with Crippen molar-refractivity contribution in [2.24, 2.45) is 0 Å². The number of aromatic nitrogens is 3. The Kier molecular flexibility index (Phi) is 4.56. The van der Waals surface area contributed by atoms with Gasteiger partial charge in [-0.15, -0.1) is 11.3 Å². The lowest BCUT2D eigenvalue weighted by Gasteiger charge is -2.20. The Morgan fingerprint density at radius 1 is 1.03 bits per heavy atom. The summed E-state index contributed by atoms with van der Waals surface area (Å²) in [6, 6.07) is 12.4. The number of fused-ring (bicyclic) bond motifs is 1. The highest BCUT2D eigenvalue weighted by Crippen LogP contribution is 2.43. The Balaban J connectivity index is 1.91. The maximum Gasteiger partial charge on any atom is 0.269 e. The van der Waals surface area contributed by atoms with Gasteiger partial charge in [0.05, 0.1) is 10.6 Å². The molecule has 0 bridgehead atoms. The van der Waals surface area contributed by atoms with Gasteiger partial charge in [-0.3, -0.25) is 0 Å². The van der Waals surface area contributed by atoms with E-state index in [4.69, 9.17) is 0 Å². The fourth-order valence-electron chi connectivity index (χ4n) is 4.00. The van der Waals surface area contributed by atoms with Gasteiger partial charge in [-0.25, -0.2) is 22.4 Å². The van der Waals surface area contributed by atoms with E-state index in [2.05, 4.69) is 22.1 Å². The van der Waals surface area contributed by atoms with Crippen molar-refractivity contribution in [3.63, 3.8) is 0 Å². The highest BCUT2D eigenvalue weighted by atomic mass is 32.2. The summed E-state index contributed by atoms with van der Waals surface area (Å²) in [7, 11) is -3.82. The zero-order valence-electron chi connectivity index (χ0n) is 15.6. The molecule has 0 fully saturated rings. The fraction of sp³-hybridized carbons (Fsp3) is 0.182. The standard InChI is InChI=1S/C22H19N3O2S2/c26-29(27,17-10-5-2-6-11-17)25-20(16-8-3-1-4-9-16)19(22-24-14-15-28-22)18-12-7-13-23-21(18)25/h2-3,5-8,10-16H,1,4,9H2. The predicted molar refractivity (Wildman–Crippen MR) is 116 cm³/mol. The number of nitrogens with zero attached hydrogens (tertiary/aromatic N) is 3. The van der Waals surface area contributed by atoms with E-state index < -0.39 is 10.0 Å². The van der Waals surface area contributed by atoms with Crippen LogP contribution in [0.15, 0.2) is 77.3 Å². The minimum atomic E-state index is -3.82. The van der Waals surface area contributed by atoms with E-state index in [9.17, 15) is 8.42 Å². The van der Waals surface area contributed by atoms with Crippen LogP contribution < -0.4 is 0 Å². The molecule has 5 rings (SSSR count). The zero-order chi connectivity index (χ0) is 19.8. The summed E-state index contributed by atoms with van der Waals surface area (Å²) in [5.74, 6) is -0.00432. The lowest BCUT2D eigenvalue weighted by Crippen LogP contribution is -2.18. The van der Waals surface area contributed by atoms with E-state index in [1.54, 1.807) is 36.7 Å². The molecule has 0 saturated carbocycles. The first-order valence-corrected chi connectivity index (χ1v) is 11.9. The summed E-state index contributed by atoms with van der Waals surface area (Å²) in [6.45, 7) is 0. The van der Waals surface area contributed by atoms with Gasteiger partial charge in [0.1, 0.15) is 5.01 Å². The van der Waals surface area contributed by atoms with Crippen LogP contribution in [-0.2, 0) is 10.0 Å². The molecule has 0 aliphatic heterocycles. The van der Waals surface area contributed by atoms with Crippen LogP contribution in [0.3, 0.4) is 0 Å². The summed E-state index contributed by atoms with van der Waals surface area (Å²) >= 11 is 1.52. The van der Waals surface area contributed by atoms with Crippen LogP contribution in [-0.4, -0.2) is 22.4 Å². The molecule has 1 aliphatic rings. The lowest BCUT2D eigenvalue weighted by atomic mass is 9.91. The van der Waals surface area contributed by atoms with E-state index in [0.29, 0.717) is 5.65 Å². The number of thiazole rings is 1. The molecule has 0 N–H and O–H groups in total. The summed E-state index contributed by atoms with van der Waals surface area (Å²) < 4.78 is 29.0. The molecular weight excluding hydrogens is 402 g/mol. The van der Waals surface area contributed by atoms with Gasteiger partial charge >= 0.3 is 0 Å². The third-order valence-electron chi connectivity index (χ3n) is 5.26. The fourth-order valence-corrected chi connectivity index (χ4v) is 6.27. The van der Waals surface area contributed by atoms with Crippen molar-refractivity contribution in [3.8, 4) is 10.6 Å². The number of pyridine rings is 1. The predicted octanol–water partition coefficient (Wildman–Crippen LogP) is 5.22. The summed E-state index contributed by atoms with van der Waals surface area (Å²) in [5, 5.41) is 3.55. The molecule has 4 aromatic rings. The van der Waals surface area contributed by atoms with Gasteiger partial charge in [0.15, 0.2) is 5.65 Å². The highest BCUT2D eigenvalue weighted by molar-refractivity contribution is 7.90. The van der Waals surface area contributed by atoms with Gasteiger partial charge in [0.25, 0.3) is 10.0 Å². The number of rotatable bonds is 4. The van der Waals surface area contributed by atoms with Crippen LogP contribution in [0.4, 0.5) is 0 Å². The molecule has 0 saturated heterocycles. The molecule has 3 heterocycles. The molecule has 7 heteroatoms. The van der Waals surface area contributed by atoms with Gasteiger partial charge in [-0.2, -0.15) is 0 Å². The average molecular weight is 422 g/mol. The Hall–Kier alpha value is -2.77. The number of allylic oxidation sites excluding steroid dienone is 2. The molecule has 0 amide bonds. The van der Waals surface area contributed by atoms with E-state index >= 15 is 0 Å². The number of hydrogen-bond donors (Lipinski definition) is 0. The number of hydrogen-bond acceptors (Lipinski definition) is 5. The van der Waals surface area contributed by atoms with Crippen LogP contribution in [0.25, 0.3) is 21.6 Å². The van der Waals surface area contributed by atoms with E-state index in [0.717, 1.165) is 40.9 Å². The Labute approximate surface area is 173 Å². The van der Waals surface area contributed by atoms with Crippen LogP contribution in [0.2, 0.25) is 0 Å². The van der Waals surface area contributed by atoms with Crippen LogP contribution in [0.1, 0.15) is 30.9 Å². The molecular formula is C22H19N3O2S2. The van der Waals surface area contributed by atoms with Gasteiger partial charge in [-0.05, 0) is 43.5 Å². The van der Waals surface area contributed by atoms with Gasteiger partial charge in [0, 0.05) is 34.6 Å². The normalized spacial score (nSPS) is 17.0. The Morgan fingerprint density at radius 2 is 1.90 bits per heavy atom. The van der Waals surface area contributed by atoms with Crippen molar-refractivity contribution in [2.75, 3.05) is 0 Å². The maximum absolute atomic E-state index is 13.8. The van der Waals surface area contributed by atoms with Gasteiger partial charge in [-0.1, -0.05) is 30.4 Å². The quantitative estimate of drug-likeness (QED) is 0.424. The van der Waals surface area contributed by atoms with Crippen molar-refractivity contribution in [1.29, 1.82) is 0 Å². The maximum atomic E-state index is 13.8. The molecule has 1 aliphatic carbocycles. The van der Waals surface area contributed by atoms with E-state index in [1.165, 1.54) is 15.3 Å². The minimum absolute atomic E-state index is 0.00432. The molecule has 146 valence electrons. The minimum Gasteiger partial charge on any atom is -0.244 e. The Morgan fingerprint density at radius 3 is 2.62 bits per heavy atom. The van der Waals surface area contributed by atoms with E-state index in [1.807, 2.05) is 23.6 Å². The van der Waals surface area contributed by atoms with Crippen molar-refractivity contribution in [3.05, 3.63) is 78.1 Å². The van der Waals surface area contributed by atoms with Crippen molar-refractivity contribution < 1.29 is 8.42 Å². The Bertz CT molecular complexity index is 1290. The molecule has 1 unspecified atom stereocenters. The first-order chi connectivity index (χ1) is 14.2. The van der Waals surface area contributed by atoms with Crippen molar-refractivity contribution in [2.45, 2.75) is 30.1 Å². The summed E-state index contributed by atoms with van der Waals surface area (Å²) in [4.78, 5) is 9.27. The third-order valence-corrected chi connectivity index (χ3v) is 7.77. The smallest absolute Gasteiger partial charge is 0.244 e. The van der Waals surface area contributed by atoms with Crippen molar-refractivity contribution in [1.82, 2.24) is 13.9 Å². The monoisotopic (exact) mass is 421 g/mol. The van der Waals surface area contributed by atoms with Crippen LogP contribution >= 0.6 is 11.3 Å². The SMILES string of the molecule is O=S(=O)(c1ccccc1)n1c(C2C=CCCC2)c(-c2nccs2)c2cccnc21. The number of benzene rings is 1. The zero-order valence-corrected chi connectivity index (χ0v) is 17.2. The third kappa shape index (κ3) is 3.01. The average Bonchev–Trinajstić information content (AvgIpc) is 3.41. The molecule has 3 aromatic heterocycles. The van der Waals surface area contributed by atoms with Crippen LogP contribution in [0.5, 0.6) is 0 Å². The summed E-state index contributed by atoms with van der Waals surface area (Å²) in [6.07, 6.45) is 10.6. The molecule has 29 heavy (non-hydrogen) atoms. The van der Waals surface area contributed by atoms with Crippen molar-refractivity contribution >= 4 is 32.4 Å². The highest BCUT2D eigenvalue weighted by Gasteiger charge is 2.32. The van der Waals surface area contributed by atoms with Gasteiger partial charge in [0.2, 0.25) is 0 Å². The molecule has 5 nitrogen and oxygen atoms in total. The molecule has 1 atom stereocenters. The van der Waals surface area contributed by atoms with Crippen LogP contribution in [0, 0.1) is 0 Å². The summed E-state index contributed by atoms with van der Waals surface area (Å²) in [5.41, 5.74) is 2.09. The molecule has 0 radical (unpaired) electrons. The van der Waals surface area contributed by atoms with Gasteiger partial charge < -0.3 is 0 Å². The second-order valence-electron chi connectivity index (χ2n) is 7.02. The molecule has 1 aromatic carbocycles. The second-order valence-corrected chi connectivity index (χ2v) is 9.70. The first-order valence-electron chi connectivity index (χ1n) is 9.54. The largest absolute Gasteiger partial charge is 0.269 e. The lowest BCUT2D eigenvalue weighted by molar-refractivity contribution is 0.579.